The van der Waals surface area contributed by atoms with Crippen molar-refractivity contribution in [2.75, 3.05) is 7.05 Å². The van der Waals surface area contributed by atoms with Crippen LogP contribution in [0.5, 0.6) is 5.75 Å². The molecule has 0 spiro atoms. The van der Waals surface area contributed by atoms with Gasteiger partial charge in [-0.15, -0.1) is 0 Å². The molecule has 0 aromatic heterocycles. The zero-order valence-corrected chi connectivity index (χ0v) is 6.99. The van der Waals surface area contributed by atoms with E-state index in [4.69, 9.17) is 5.11 Å². The van der Waals surface area contributed by atoms with Gasteiger partial charge in [0.05, 0.1) is 0 Å². The van der Waals surface area contributed by atoms with Gasteiger partial charge in [0, 0.05) is 6.42 Å². The molecule has 3 N–H and O–H groups in total. The first-order chi connectivity index (χ1) is 5.72. The second-order valence-electron chi connectivity index (χ2n) is 2.68. The Morgan fingerprint density at radius 1 is 1.33 bits per heavy atom. The minimum Gasteiger partial charge on any atom is -0.508 e. The maximum atomic E-state index is 9.21. The van der Waals surface area contributed by atoms with Gasteiger partial charge in [-0.05, 0) is 24.7 Å². The van der Waals surface area contributed by atoms with E-state index in [0.29, 0.717) is 6.42 Å². The van der Waals surface area contributed by atoms with Crippen LogP contribution in [0.25, 0.3) is 0 Å². The lowest BCUT2D eigenvalue weighted by molar-refractivity contribution is 0.147. The molecule has 0 bridgehead atoms. The van der Waals surface area contributed by atoms with E-state index in [0.717, 1.165) is 5.56 Å². The van der Waals surface area contributed by atoms with E-state index in [-0.39, 0.29) is 5.75 Å². The number of aromatic hydroxyl groups is 1. The molecule has 0 saturated carbocycles. The number of rotatable bonds is 3. The van der Waals surface area contributed by atoms with E-state index in [9.17, 15) is 5.11 Å². The summed E-state index contributed by atoms with van der Waals surface area (Å²) in [6.07, 6.45) is 0.0334. The summed E-state index contributed by atoms with van der Waals surface area (Å²) in [5, 5.41) is 20.9. The lowest BCUT2D eigenvalue weighted by Crippen LogP contribution is -2.26. The molecule has 3 heteroatoms. The molecule has 0 aliphatic rings. The maximum Gasteiger partial charge on any atom is 0.115 e. The minimum absolute atomic E-state index is 0.248. The van der Waals surface area contributed by atoms with Crippen LogP contribution in [0, 0.1) is 0 Å². The molecule has 1 aromatic carbocycles. The second-order valence-corrected chi connectivity index (χ2v) is 2.68. The lowest BCUT2D eigenvalue weighted by Gasteiger charge is -2.08. The average molecular weight is 167 g/mol. The Kier molecular flexibility index (Phi) is 3.08. The Labute approximate surface area is 71.7 Å². The number of phenols is 1. The van der Waals surface area contributed by atoms with E-state index in [1.54, 1.807) is 31.3 Å². The Bertz CT molecular complexity index is 233. The smallest absolute Gasteiger partial charge is 0.115 e. The van der Waals surface area contributed by atoms with Gasteiger partial charge in [0.25, 0.3) is 0 Å². The van der Waals surface area contributed by atoms with Crippen LogP contribution in [-0.2, 0) is 6.42 Å². The average Bonchev–Trinajstić information content (AvgIpc) is 2.09. The van der Waals surface area contributed by atoms with Gasteiger partial charge >= 0.3 is 0 Å². The fourth-order valence-corrected chi connectivity index (χ4v) is 0.957. The molecule has 66 valence electrons. The van der Waals surface area contributed by atoms with Crippen molar-refractivity contribution in [3.05, 3.63) is 29.8 Å². The summed E-state index contributed by atoms with van der Waals surface area (Å²) >= 11 is 0. The standard InChI is InChI=1S/C9H13NO2/c1-10-9(12)6-7-2-4-8(11)5-3-7/h2-5,9-12H,6H2,1H3. The van der Waals surface area contributed by atoms with Crippen LogP contribution in [0.3, 0.4) is 0 Å². The highest BCUT2D eigenvalue weighted by atomic mass is 16.3. The van der Waals surface area contributed by atoms with Crippen molar-refractivity contribution < 1.29 is 10.2 Å². The number of benzene rings is 1. The number of nitrogens with one attached hydrogen (secondary N) is 1. The molecule has 0 aliphatic heterocycles. The highest BCUT2D eigenvalue weighted by Crippen LogP contribution is 2.10. The summed E-state index contributed by atoms with van der Waals surface area (Å²) in [5.41, 5.74) is 0.995. The van der Waals surface area contributed by atoms with E-state index >= 15 is 0 Å². The second kappa shape index (κ2) is 4.09. The van der Waals surface area contributed by atoms with Crippen LogP contribution < -0.4 is 5.32 Å². The van der Waals surface area contributed by atoms with Crippen molar-refractivity contribution in [1.29, 1.82) is 0 Å². The normalized spacial score (nSPS) is 12.8. The molecule has 0 saturated heterocycles. The third-order valence-electron chi connectivity index (χ3n) is 1.70. The highest BCUT2D eigenvalue weighted by molar-refractivity contribution is 5.26. The van der Waals surface area contributed by atoms with Gasteiger partial charge < -0.3 is 10.2 Å². The Morgan fingerprint density at radius 2 is 1.92 bits per heavy atom. The summed E-state index contributed by atoms with van der Waals surface area (Å²) in [5.74, 6) is 0.248. The summed E-state index contributed by atoms with van der Waals surface area (Å²) < 4.78 is 0. The van der Waals surface area contributed by atoms with Crippen molar-refractivity contribution in [1.82, 2.24) is 5.32 Å². The first kappa shape index (κ1) is 9.03. The van der Waals surface area contributed by atoms with Gasteiger partial charge in [0.1, 0.15) is 12.0 Å². The Hall–Kier alpha value is -1.06. The predicted molar refractivity (Wildman–Crippen MR) is 46.9 cm³/mol. The number of aliphatic hydroxyl groups is 1. The Morgan fingerprint density at radius 3 is 2.42 bits per heavy atom. The number of hydrogen-bond acceptors (Lipinski definition) is 3. The van der Waals surface area contributed by atoms with Crippen LogP contribution in [0.4, 0.5) is 0 Å². The maximum absolute atomic E-state index is 9.21. The van der Waals surface area contributed by atoms with Gasteiger partial charge in [-0.2, -0.15) is 0 Å². The van der Waals surface area contributed by atoms with Crippen LogP contribution >= 0.6 is 0 Å². The molecule has 0 aliphatic carbocycles. The van der Waals surface area contributed by atoms with E-state index in [1.807, 2.05) is 0 Å². The highest BCUT2D eigenvalue weighted by Gasteiger charge is 2.00. The predicted octanol–water partition coefficient (Wildman–Crippen LogP) is 0.472. The first-order valence-corrected chi connectivity index (χ1v) is 3.85. The van der Waals surface area contributed by atoms with Crippen molar-refractivity contribution in [2.45, 2.75) is 12.6 Å². The first-order valence-electron chi connectivity index (χ1n) is 3.85. The lowest BCUT2D eigenvalue weighted by atomic mass is 10.1. The van der Waals surface area contributed by atoms with Gasteiger partial charge in [0.2, 0.25) is 0 Å². The van der Waals surface area contributed by atoms with E-state index in [1.165, 1.54) is 0 Å². The largest absolute Gasteiger partial charge is 0.508 e. The van der Waals surface area contributed by atoms with Crippen LogP contribution in [-0.4, -0.2) is 23.5 Å². The monoisotopic (exact) mass is 167 g/mol. The van der Waals surface area contributed by atoms with Crippen LogP contribution in [0.2, 0.25) is 0 Å². The van der Waals surface area contributed by atoms with Crippen molar-refractivity contribution >= 4 is 0 Å². The number of hydrogen-bond donors (Lipinski definition) is 3. The summed E-state index contributed by atoms with van der Waals surface area (Å²) in [6.45, 7) is 0. The zero-order valence-electron chi connectivity index (χ0n) is 6.99. The minimum atomic E-state index is -0.519. The molecule has 0 heterocycles. The zero-order chi connectivity index (χ0) is 8.97. The fourth-order valence-electron chi connectivity index (χ4n) is 0.957. The number of phenolic OH excluding ortho intramolecular Hbond substituents is 1. The van der Waals surface area contributed by atoms with Gasteiger partial charge in [-0.1, -0.05) is 12.1 Å². The van der Waals surface area contributed by atoms with Gasteiger partial charge in [-0.25, -0.2) is 0 Å². The molecule has 1 unspecified atom stereocenters. The molecule has 1 rings (SSSR count). The summed E-state index contributed by atoms with van der Waals surface area (Å²) in [4.78, 5) is 0. The molecule has 1 aromatic rings. The van der Waals surface area contributed by atoms with E-state index in [2.05, 4.69) is 5.32 Å². The third-order valence-corrected chi connectivity index (χ3v) is 1.70. The summed E-state index contributed by atoms with van der Waals surface area (Å²) in [7, 11) is 1.70. The molecular formula is C9H13NO2. The molecule has 12 heavy (non-hydrogen) atoms. The Balaban J connectivity index is 2.58. The molecule has 0 radical (unpaired) electrons. The SMILES string of the molecule is CNC(O)Cc1ccc(O)cc1. The molecule has 3 nitrogen and oxygen atoms in total. The molecule has 1 atom stereocenters. The quantitative estimate of drug-likeness (QED) is 0.574. The number of likely N-dealkylation sites (N-methyl/N-ethyl adjacent to an activating group) is 1. The van der Waals surface area contributed by atoms with Crippen LogP contribution in [0.15, 0.2) is 24.3 Å². The van der Waals surface area contributed by atoms with Crippen molar-refractivity contribution in [3.63, 3.8) is 0 Å². The van der Waals surface area contributed by atoms with Crippen LogP contribution in [0.1, 0.15) is 5.56 Å². The molecule has 0 amide bonds. The van der Waals surface area contributed by atoms with E-state index < -0.39 is 6.23 Å². The van der Waals surface area contributed by atoms with Gasteiger partial charge in [-0.3, -0.25) is 5.32 Å². The third kappa shape index (κ3) is 2.53. The topological polar surface area (TPSA) is 52.5 Å². The molecule has 0 fully saturated rings. The summed E-state index contributed by atoms with van der Waals surface area (Å²) in [6, 6.07) is 6.79. The van der Waals surface area contributed by atoms with Crippen molar-refractivity contribution in [3.8, 4) is 5.75 Å². The van der Waals surface area contributed by atoms with Crippen molar-refractivity contribution in [2.24, 2.45) is 0 Å². The van der Waals surface area contributed by atoms with Gasteiger partial charge in [0.15, 0.2) is 0 Å². The fraction of sp³-hybridized carbons (Fsp3) is 0.333. The number of aliphatic hydroxyl groups excluding tert-OH is 1. The molecular weight excluding hydrogens is 154 g/mol.